The van der Waals surface area contributed by atoms with E-state index in [0.29, 0.717) is 62.2 Å². The maximum absolute atomic E-state index is 11.7. The van der Waals surface area contributed by atoms with Gasteiger partial charge in [-0.05, 0) is 138 Å². The molecule has 6 rings (SSSR count). The molecule has 3 fully saturated rings. The number of aromatic nitrogens is 6. The van der Waals surface area contributed by atoms with Crippen LogP contribution in [0.15, 0.2) is 18.6 Å². The van der Waals surface area contributed by atoms with Crippen LogP contribution in [0, 0.1) is 17.7 Å². The lowest BCUT2D eigenvalue weighted by molar-refractivity contribution is 0.0737. The second-order valence-electron chi connectivity index (χ2n) is 21.0. The number of amides is 3. The number of anilines is 6. The highest BCUT2D eigenvalue weighted by molar-refractivity contribution is 5.98. The van der Waals surface area contributed by atoms with Crippen LogP contribution in [0.1, 0.15) is 183 Å². The molecule has 3 aliphatic rings. The second-order valence-corrected chi connectivity index (χ2v) is 21.0. The van der Waals surface area contributed by atoms with E-state index in [1.807, 2.05) is 62.3 Å². The Labute approximate surface area is 418 Å². The molecule has 3 aromatic heterocycles. The Hall–Kier alpha value is -5.67. The molecule has 0 saturated heterocycles. The van der Waals surface area contributed by atoms with Crippen molar-refractivity contribution in [2.45, 2.75) is 194 Å². The van der Waals surface area contributed by atoms with E-state index in [9.17, 15) is 29.7 Å². The first kappa shape index (κ1) is 44.5. The molecule has 3 amide bonds. The molecule has 9 atom stereocenters. The Morgan fingerprint density at radius 2 is 0.855 bits per heavy atom. The molecule has 21 nitrogen and oxygen atoms in total. The largest absolute Gasteiger partial charge is 0.393 e. The van der Waals surface area contributed by atoms with Crippen molar-refractivity contribution in [3.05, 3.63) is 35.3 Å². The van der Waals surface area contributed by atoms with Gasteiger partial charge in [0, 0.05) is 64.3 Å². The molecule has 69 heavy (non-hydrogen) atoms. The van der Waals surface area contributed by atoms with Gasteiger partial charge in [-0.1, -0.05) is 20.6 Å². The summed E-state index contributed by atoms with van der Waals surface area (Å²) in [6.07, 6.45) is 4.31. The fourth-order valence-electron chi connectivity index (χ4n) is 7.51. The number of nitrogens with zero attached hydrogens (tertiary/aromatic N) is 6. The lowest BCUT2D eigenvalue weighted by Gasteiger charge is -2.32. The fraction of sp³-hybridized carbons (Fsp3) is 0.688. The summed E-state index contributed by atoms with van der Waals surface area (Å²) in [6, 6.07) is -0.635. The molecule has 3 heterocycles. The second kappa shape index (κ2) is 23.8. The minimum atomic E-state index is -2.57. The number of aliphatic hydroxyl groups is 3. The van der Waals surface area contributed by atoms with Crippen LogP contribution in [0.4, 0.5) is 35.3 Å². The van der Waals surface area contributed by atoms with E-state index in [4.69, 9.17) is 28.2 Å². The molecule has 0 radical (unpaired) electrons. The van der Waals surface area contributed by atoms with Gasteiger partial charge in [0.15, 0.2) is 0 Å². The molecule has 0 aromatic carbocycles. The van der Waals surface area contributed by atoms with Crippen molar-refractivity contribution in [2.24, 2.45) is 34.9 Å². The van der Waals surface area contributed by atoms with Gasteiger partial charge < -0.3 is 64.4 Å². The highest BCUT2D eigenvalue weighted by Gasteiger charge is 2.30. The number of hydrogen-bond acceptors (Lipinski definition) is 18. The van der Waals surface area contributed by atoms with E-state index in [0.717, 1.165) is 0 Å². The summed E-state index contributed by atoms with van der Waals surface area (Å²) in [6.45, 7) is 14.6. The van der Waals surface area contributed by atoms with Crippen LogP contribution in [0.5, 0.6) is 0 Å². The standard InChI is InChI=1S/3C16H27N5O2/c3*1-9-5-6-10(7-12(9)22)19-14-11(13(17)23)8-18-15(20-14)21-16(2,3)4/h3*8-10,12,22H,5-7H2,1-4H3,(H2,17,23)(H2,18,19,20,21)/i1D3,9D;9D;1D3. The number of hydrogen-bond donors (Lipinski definition) is 12. The summed E-state index contributed by atoms with van der Waals surface area (Å²) < 4.78 is 61.3. The van der Waals surface area contributed by atoms with Crippen molar-refractivity contribution < 1.29 is 40.7 Å². The lowest BCUT2D eigenvalue weighted by atomic mass is 9.85. The zero-order valence-corrected chi connectivity index (χ0v) is 41.6. The SMILES string of the molecule is [2H]C([2H])([2H])C1([2H])CCC(Nc2nc(NC(C)(C)C)ncc2C(N)=O)CC1O.[2H]C([2H])([2H])C1CCC(Nc2nc(NC(C)(C)C)ncc2C(N)=O)CC1O.[2H]C1(C)CCC(Nc2nc(NC(C)(C)C)ncc2C(N)=O)CC1O. The van der Waals surface area contributed by atoms with Crippen molar-refractivity contribution in [1.82, 2.24) is 29.9 Å². The smallest absolute Gasteiger partial charge is 0.254 e. The first-order chi connectivity index (χ1) is 35.1. The van der Waals surface area contributed by atoms with Gasteiger partial charge in [-0.15, -0.1) is 0 Å². The first-order valence-corrected chi connectivity index (χ1v) is 23.3. The molecule has 3 aliphatic carbocycles. The third-order valence-electron chi connectivity index (χ3n) is 11.1. The number of carbonyl (C=O) groups is 3. The van der Waals surface area contributed by atoms with Crippen molar-refractivity contribution in [3.8, 4) is 0 Å². The van der Waals surface area contributed by atoms with E-state index in [-0.39, 0.29) is 82.3 Å². The molecule has 3 saturated carbocycles. The van der Waals surface area contributed by atoms with Gasteiger partial charge in [0.2, 0.25) is 17.8 Å². The highest BCUT2D eigenvalue weighted by atomic mass is 16.3. The molecule has 15 N–H and O–H groups in total. The predicted molar refractivity (Wildman–Crippen MR) is 271 cm³/mol. The van der Waals surface area contributed by atoms with Gasteiger partial charge in [-0.3, -0.25) is 14.4 Å². The number of primary amides is 3. The highest BCUT2D eigenvalue weighted by Crippen LogP contribution is 2.30. The summed E-state index contributed by atoms with van der Waals surface area (Å²) in [7, 11) is 0. The van der Waals surface area contributed by atoms with Crippen LogP contribution in [0.3, 0.4) is 0 Å². The van der Waals surface area contributed by atoms with Gasteiger partial charge in [-0.25, -0.2) is 15.0 Å². The summed E-state index contributed by atoms with van der Waals surface area (Å²) in [5.74, 6) is -3.53. The van der Waals surface area contributed by atoms with E-state index in [2.05, 4.69) is 61.8 Å². The number of nitrogens with one attached hydrogen (secondary N) is 6. The summed E-state index contributed by atoms with van der Waals surface area (Å²) in [5, 5.41) is 49.3. The van der Waals surface area contributed by atoms with Crippen LogP contribution < -0.4 is 49.1 Å². The molecular weight excluding hydrogens is 883 g/mol. The van der Waals surface area contributed by atoms with E-state index < -0.39 is 67.4 Å². The Kier molecular flexibility index (Phi) is 15.3. The molecule has 0 spiro atoms. The number of nitrogens with two attached hydrogens (primary N) is 3. The summed E-state index contributed by atoms with van der Waals surface area (Å²) in [4.78, 5) is 60.3. The molecule has 0 bridgehead atoms. The van der Waals surface area contributed by atoms with Gasteiger partial charge in [-0.2, -0.15) is 15.0 Å². The van der Waals surface area contributed by atoms with Crippen molar-refractivity contribution in [2.75, 3.05) is 31.9 Å². The van der Waals surface area contributed by atoms with E-state index in [1.54, 1.807) is 6.92 Å². The van der Waals surface area contributed by atoms with Gasteiger partial charge in [0.1, 0.15) is 17.5 Å². The van der Waals surface area contributed by atoms with Gasteiger partial charge >= 0.3 is 0 Å². The third kappa shape index (κ3) is 18.3. The number of aliphatic hydroxyl groups excluding tert-OH is 3. The molecule has 384 valence electrons. The predicted octanol–water partition coefficient (Wildman–Crippen LogP) is 5.24. The zero-order valence-electron chi connectivity index (χ0n) is 49.6. The summed E-state index contributed by atoms with van der Waals surface area (Å²) >= 11 is 0. The van der Waals surface area contributed by atoms with Crippen LogP contribution in [0.2, 0.25) is 0 Å². The minimum Gasteiger partial charge on any atom is -0.393 e. The van der Waals surface area contributed by atoms with Crippen molar-refractivity contribution in [1.29, 1.82) is 0 Å². The zero-order chi connectivity index (χ0) is 58.4. The summed E-state index contributed by atoms with van der Waals surface area (Å²) in [5.41, 5.74) is 15.9. The number of rotatable bonds is 12. The average Bonchev–Trinajstić information content (AvgIpc) is 3.24. The monoisotopic (exact) mass is 972 g/mol. The van der Waals surface area contributed by atoms with Crippen LogP contribution >= 0.6 is 0 Å². The Morgan fingerprint density at radius 1 is 0.536 bits per heavy atom. The van der Waals surface area contributed by atoms with Crippen LogP contribution in [0.25, 0.3) is 0 Å². The molecule has 9 unspecified atom stereocenters. The lowest BCUT2D eigenvalue weighted by Crippen LogP contribution is -2.36. The minimum absolute atomic E-state index is 0.00752. The van der Waals surface area contributed by atoms with Crippen molar-refractivity contribution >= 4 is 53.0 Å². The maximum atomic E-state index is 11.7. The van der Waals surface area contributed by atoms with Crippen molar-refractivity contribution in [3.63, 3.8) is 0 Å². The number of carbonyl (C=O) groups excluding carboxylic acids is 3. The van der Waals surface area contributed by atoms with Gasteiger partial charge in [0.25, 0.3) is 17.7 Å². The topological polar surface area (TPSA) is 339 Å². The molecular formula is C48H81N15O6. The first-order valence-electron chi connectivity index (χ1n) is 27.3. The van der Waals surface area contributed by atoms with Crippen LogP contribution in [-0.4, -0.2) is 116 Å². The Bertz CT molecular complexity index is 2520. The molecule has 21 heteroatoms. The quantitative estimate of drug-likeness (QED) is 0.110. The normalized spacial score (nSPS) is 29.2. The Balaban J connectivity index is 0.000000250. The average molecular weight is 972 g/mol. The van der Waals surface area contributed by atoms with Gasteiger partial charge in [0.05, 0.1) is 35.0 Å². The third-order valence-corrected chi connectivity index (χ3v) is 11.1. The van der Waals surface area contributed by atoms with E-state index in [1.165, 1.54) is 18.6 Å². The Morgan fingerprint density at radius 3 is 1.13 bits per heavy atom. The molecule has 3 aromatic rings. The van der Waals surface area contributed by atoms with Crippen LogP contribution in [-0.2, 0) is 0 Å². The maximum Gasteiger partial charge on any atom is 0.254 e. The van der Waals surface area contributed by atoms with E-state index >= 15 is 0 Å². The fourth-order valence-corrected chi connectivity index (χ4v) is 7.51. The molecule has 0 aliphatic heterocycles.